The summed E-state index contributed by atoms with van der Waals surface area (Å²) in [4.78, 5) is 12.3. The van der Waals surface area contributed by atoms with Crippen LogP contribution in [0, 0.1) is 0 Å². The summed E-state index contributed by atoms with van der Waals surface area (Å²) in [6.45, 7) is 0.696. The van der Waals surface area contributed by atoms with E-state index < -0.39 is 7.26 Å². The monoisotopic (exact) mass is 581 g/mol. The van der Waals surface area contributed by atoms with Crippen molar-refractivity contribution in [3.63, 3.8) is 0 Å². The van der Waals surface area contributed by atoms with Gasteiger partial charge >= 0.3 is 194 Å². The van der Waals surface area contributed by atoms with Gasteiger partial charge in [-0.2, -0.15) is 0 Å². The molecule has 0 aliphatic heterocycles. The van der Waals surface area contributed by atoms with Crippen LogP contribution >= 0.6 is 7.26 Å². The Balaban J connectivity index is 1.23. The summed E-state index contributed by atoms with van der Waals surface area (Å²) >= 11 is 0. The number of rotatable bonds is 16. The second-order valence-electron chi connectivity index (χ2n) is 10.6. The molecule has 0 atom stereocenters. The van der Waals surface area contributed by atoms with Crippen LogP contribution in [0.2, 0.25) is 0 Å². The molecule has 0 saturated carbocycles. The first-order valence-corrected chi connectivity index (χ1v) is 17.2. The summed E-state index contributed by atoms with van der Waals surface area (Å²) < 4.78 is 10.6. The predicted octanol–water partition coefficient (Wildman–Crippen LogP) is 6.90. The molecule has 0 aromatic heterocycles. The van der Waals surface area contributed by atoms with Crippen molar-refractivity contribution in [1.82, 2.24) is 5.32 Å². The third-order valence-electron chi connectivity index (χ3n) is 7.91. The van der Waals surface area contributed by atoms with Crippen LogP contribution < -0.4 is 30.7 Å². The number of benzene rings is 4. The van der Waals surface area contributed by atoms with E-state index in [2.05, 4.69) is 96.3 Å². The minimum absolute atomic E-state index is 0.0752. The Bertz CT molecular complexity index is 1290. The molecule has 0 heterocycles. The molecule has 0 unspecified atom stereocenters. The Labute approximate surface area is 252 Å². The van der Waals surface area contributed by atoms with Crippen LogP contribution in [0.15, 0.2) is 115 Å². The molecule has 0 spiro atoms. The molecule has 0 radical (unpaired) electrons. The molecule has 42 heavy (non-hydrogen) atoms. The van der Waals surface area contributed by atoms with E-state index in [1.807, 2.05) is 18.2 Å². The van der Waals surface area contributed by atoms with Crippen molar-refractivity contribution in [1.29, 1.82) is 0 Å². The van der Waals surface area contributed by atoms with E-state index in [0.717, 1.165) is 18.4 Å². The van der Waals surface area contributed by atoms with E-state index in [9.17, 15) is 4.79 Å². The van der Waals surface area contributed by atoms with Gasteiger partial charge in [0.15, 0.2) is 11.5 Å². The largest absolute Gasteiger partial charge is 0.493 e. The summed E-state index contributed by atoms with van der Waals surface area (Å²) in [5.74, 6) is 1.24. The van der Waals surface area contributed by atoms with Crippen molar-refractivity contribution >= 4 is 35.2 Å². The maximum absolute atomic E-state index is 12.3. The second-order valence-corrected chi connectivity index (χ2v) is 14.7. The van der Waals surface area contributed by atoms with E-state index in [4.69, 9.17) is 9.47 Å². The molecule has 1 amide bonds. The number of amides is 1. The summed E-state index contributed by atoms with van der Waals surface area (Å²) in [6.07, 6.45) is 11.5. The Hall–Kier alpha value is -3.88. The Morgan fingerprint density at radius 2 is 1.14 bits per heavy atom. The number of hydrogen-bond acceptors (Lipinski definition) is 3. The first kappa shape index (κ1) is 31.1. The summed E-state index contributed by atoms with van der Waals surface area (Å²) in [5, 5.41) is 7.46. The standard InChI is InChI=1S/C37H44NO3P/c1-40-35-26-24-31(30-36(35)41-2)25-27-37(39)38-28-16-5-3-4-6-17-29-42(32-18-10-7-11-19-32,33-20-12-8-13-21-33)34-22-14-9-15-23-34/h7-15,18-27,30,42H,3-6,16-17,28-29H2,1-2H3,(H,38,39). The molecular formula is C37H44NO3P. The van der Waals surface area contributed by atoms with Crippen molar-refractivity contribution < 1.29 is 14.3 Å². The number of nitrogens with one attached hydrogen (secondary N) is 1. The van der Waals surface area contributed by atoms with Gasteiger partial charge in [-0.05, 0) is 17.7 Å². The van der Waals surface area contributed by atoms with E-state index in [-0.39, 0.29) is 5.91 Å². The maximum Gasteiger partial charge on any atom is 0.161 e. The van der Waals surface area contributed by atoms with Gasteiger partial charge in [0, 0.05) is 0 Å². The Morgan fingerprint density at radius 1 is 0.643 bits per heavy atom. The molecule has 4 aromatic carbocycles. The van der Waals surface area contributed by atoms with Gasteiger partial charge in [-0.1, -0.05) is 6.07 Å². The van der Waals surface area contributed by atoms with E-state index in [0.29, 0.717) is 18.0 Å². The second kappa shape index (κ2) is 16.5. The quantitative estimate of drug-likeness (QED) is 0.0890. The van der Waals surface area contributed by atoms with Crippen molar-refractivity contribution in [3.05, 3.63) is 121 Å². The third kappa shape index (κ3) is 8.33. The zero-order valence-electron chi connectivity index (χ0n) is 24.9. The normalized spacial score (nSPS) is 11.8. The fourth-order valence-corrected chi connectivity index (χ4v) is 10.7. The van der Waals surface area contributed by atoms with Crippen molar-refractivity contribution in [2.45, 2.75) is 38.5 Å². The third-order valence-corrected chi connectivity index (χ3v) is 13.0. The molecule has 0 saturated heterocycles. The summed E-state index contributed by atoms with van der Waals surface area (Å²) in [7, 11) is 1.08. The molecule has 220 valence electrons. The summed E-state index contributed by atoms with van der Waals surface area (Å²) in [6, 6.07) is 39.1. The van der Waals surface area contributed by atoms with Crippen molar-refractivity contribution in [2.24, 2.45) is 0 Å². The van der Waals surface area contributed by atoms with E-state index in [1.54, 1.807) is 26.4 Å². The number of carbonyl (C=O) groups is 1. The summed E-state index contributed by atoms with van der Waals surface area (Å²) in [5.41, 5.74) is 0.890. The number of hydrogen-bond donors (Lipinski definition) is 1. The van der Waals surface area contributed by atoms with Gasteiger partial charge < -0.3 is 9.47 Å². The minimum Gasteiger partial charge on any atom is -0.493 e. The molecule has 0 aliphatic rings. The average Bonchev–Trinajstić information content (AvgIpc) is 3.06. The fourth-order valence-electron chi connectivity index (χ4n) is 5.72. The zero-order valence-corrected chi connectivity index (χ0v) is 25.9. The number of carbonyl (C=O) groups excluding carboxylic acids is 1. The van der Waals surface area contributed by atoms with Crippen LogP contribution in [0.25, 0.3) is 6.08 Å². The van der Waals surface area contributed by atoms with Gasteiger partial charge in [-0.15, -0.1) is 0 Å². The Morgan fingerprint density at radius 3 is 1.67 bits per heavy atom. The first-order chi connectivity index (χ1) is 20.7. The first-order valence-electron chi connectivity index (χ1n) is 15.0. The zero-order chi connectivity index (χ0) is 29.5. The van der Waals surface area contributed by atoms with E-state index >= 15 is 0 Å². The van der Waals surface area contributed by atoms with Gasteiger partial charge in [0.1, 0.15) is 0 Å². The van der Waals surface area contributed by atoms with Crippen LogP contribution in [0.1, 0.15) is 44.1 Å². The number of ether oxygens (including phenoxy) is 2. The maximum atomic E-state index is 12.3. The van der Waals surface area contributed by atoms with Crippen LogP contribution in [0.3, 0.4) is 0 Å². The molecule has 4 nitrogen and oxygen atoms in total. The van der Waals surface area contributed by atoms with Crippen LogP contribution in [0.4, 0.5) is 0 Å². The van der Waals surface area contributed by atoms with Crippen molar-refractivity contribution in [2.75, 3.05) is 26.9 Å². The van der Waals surface area contributed by atoms with Crippen LogP contribution in [0.5, 0.6) is 11.5 Å². The molecule has 0 bridgehead atoms. The average molecular weight is 582 g/mol. The smallest absolute Gasteiger partial charge is 0.161 e. The van der Waals surface area contributed by atoms with Gasteiger partial charge in [0.25, 0.3) is 0 Å². The molecule has 0 aliphatic carbocycles. The van der Waals surface area contributed by atoms with E-state index in [1.165, 1.54) is 47.8 Å². The Kier molecular flexibility index (Phi) is 12.2. The minimum atomic E-state index is -2.13. The number of methoxy groups -OCH3 is 2. The topological polar surface area (TPSA) is 47.6 Å². The molecule has 5 heteroatoms. The molecule has 4 rings (SSSR count). The van der Waals surface area contributed by atoms with Gasteiger partial charge in [0.2, 0.25) is 0 Å². The van der Waals surface area contributed by atoms with Gasteiger partial charge in [-0.3, -0.25) is 0 Å². The van der Waals surface area contributed by atoms with Crippen molar-refractivity contribution in [3.8, 4) is 11.5 Å². The molecule has 0 fully saturated rings. The van der Waals surface area contributed by atoms with Gasteiger partial charge in [-0.25, -0.2) is 0 Å². The van der Waals surface area contributed by atoms with Crippen LogP contribution in [-0.2, 0) is 4.79 Å². The predicted molar refractivity (Wildman–Crippen MR) is 181 cm³/mol. The molecular weight excluding hydrogens is 537 g/mol. The molecule has 4 aromatic rings. The fraction of sp³-hybridized carbons (Fsp3) is 0.270. The van der Waals surface area contributed by atoms with Gasteiger partial charge in [0.05, 0.1) is 14.2 Å². The molecule has 1 N–H and O–H groups in total. The number of unbranched alkanes of at least 4 members (excludes halogenated alkanes) is 5. The van der Waals surface area contributed by atoms with Crippen LogP contribution in [-0.4, -0.2) is 32.8 Å². The SMILES string of the molecule is COc1ccc(C=CC(=O)NCCCCCCCC[PH](c2ccccc2)(c2ccccc2)c2ccccc2)cc1OC.